The third-order valence-corrected chi connectivity index (χ3v) is 4.32. The highest BCUT2D eigenvalue weighted by atomic mass is 15.3. The highest BCUT2D eigenvalue weighted by Gasteiger charge is 2.19. The molecule has 0 radical (unpaired) electrons. The minimum absolute atomic E-state index is 0.515. The molecule has 0 amide bonds. The fourth-order valence-corrected chi connectivity index (χ4v) is 3.11. The molecule has 1 aromatic heterocycles. The summed E-state index contributed by atoms with van der Waals surface area (Å²) >= 11 is 0. The number of rotatable bonds is 4. The number of aromatic nitrogens is 3. The summed E-state index contributed by atoms with van der Waals surface area (Å²) in [6, 6.07) is 0.515. The molecule has 116 valence electrons. The smallest absolute Gasteiger partial charge is 0.231 e. The fraction of sp³-hybridized carbons (Fsp3) is 0.786. The Hall–Kier alpha value is -1.47. The Balaban J connectivity index is 1.75. The van der Waals surface area contributed by atoms with E-state index in [9.17, 15) is 0 Å². The topological polar surface area (TPSA) is 98.2 Å². The van der Waals surface area contributed by atoms with Crippen molar-refractivity contribution in [2.24, 2.45) is 0 Å². The molecule has 1 aromatic rings. The Morgan fingerprint density at radius 3 is 2.57 bits per heavy atom. The van der Waals surface area contributed by atoms with Crippen molar-refractivity contribution in [2.45, 2.75) is 44.7 Å². The Morgan fingerprint density at radius 1 is 1.10 bits per heavy atom. The summed E-state index contributed by atoms with van der Waals surface area (Å²) in [6.07, 6.45) is 6.41. The van der Waals surface area contributed by atoms with E-state index in [2.05, 4.69) is 36.2 Å². The number of piperazine rings is 1. The van der Waals surface area contributed by atoms with E-state index in [1.165, 1.54) is 32.1 Å². The zero-order chi connectivity index (χ0) is 14.5. The molecule has 0 bridgehead atoms. The SMILES string of the molecule is [NH3+]Cc1nc(NC2CCCCC2)nc(N2CC[NH2+]CC2)n1. The average Bonchev–Trinajstić information content (AvgIpc) is 2.56. The summed E-state index contributed by atoms with van der Waals surface area (Å²) in [5.74, 6) is 2.34. The van der Waals surface area contributed by atoms with E-state index in [-0.39, 0.29) is 0 Å². The lowest BCUT2D eigenvalue weighted by atomic mass is 9.96. The second-order valence-corrected chi connectivity index (χ2v) is 5.96. The van der Waals surface area contributed by atoms with E-state index < -0.39 is 0 Å². The van der Waals surface area contributed by atoms with Gasteiger partial charge in [-0.2, -0.15) is 15.0 Å². The molecule has 1 aliphatic carbocycles. The molecule has 2 fully saturated rings. The summed E-state index contributed by atoms with van der Waals surface area (Å²) in [5, 5.41) is 5.85. The molecule has 0 unspecified atom stereocenters. The van der Waals surface area contributed by atoms with Gasteiger partial charge in [-0.05, 0) is 12.8 Å². The van der Waals surface area contributed by atoms with Crippen LogP contribution in [0.25, 0.3) is 0 Å². The van der Waals surface area contributed by atoms with Gasteiger partial charge in [-0.1, -0.05) is 19.3 Å². The molecule has 3 rings (SSSR count). The van der Waals surface area contributed by atoms with Gasteiger partial charge in [0, 0.05) is 6.04 Å². The first-order chi connectivity index (χ1) is 10.3. The quantitative estimate of drug-likeness (QED) is 0.644. The Kier molecular flexibility index (Phi) is 4.82. The van der Waals surface area contributed by atoms with Crippen LogP contribution in [0.5, 0.6) is 0 Å². The van der Waals surface area contributed by atoms with Crippen molar-refractivity contribution in [3.05, 3.63) is 5.82 Å². The number of anilines is 2. The van der Waals surface area contributed by atoms with Crippen LogP contribution in [-0.4, -0.2) is 47.2 Å². The molecule has 2 aliphatic rings. The third kappa shape index (κ3) is 3.79. The van der Waals surface area contributed by atoms with E-state index in [1.807, 2.05) is 0 Å². The first kappa shape index (κ1) is 14.5. The third-order valence-electron chi connectivity index (χ3n) is 4.32. The lowest BCUT2D eigenvalue weighted by molar-refractivity contribution is -0.655. The summed E-state index contributed by atoms with van der Waals surface area (Å²) < 4.78 is 0. The average molecular weight is 293 g/mol. The predicted octanol–water partition coefficient (Wildman–Crippen LogP) is -1.26. The molecule has 1 saturated heterocycles. The van der Waals surface area contributed by atoms with Crippen LogP contribution < -0.4 is 21.3 Å². The highest BCUT2D eigenvalue weighted by molar-refractivity contribution is 5.38. The van der Waals surface area contributed by atoms with Crippen molar-refractivity contribution < 1.29 is 11.1 Å². The number of hydrogen-bond donors (Lipinski definition) is 3. The van der Waals surface area contributed by atoms with Crippen LogP contribution in [0.15, 0.2) is 0 Å². The number of nitrogens with zero attached hydrogens (tertiary/aromatic N) is 4. The van der Waals surface area contributed by atoms with Gasteiger partial charge in [-0.15, -0.1) is 0 Å². The minimum atomic E-state index is 0.515. The zero-order valence-electron chi connectivity index (χ0n) is 12.7. The van der Waals surface area contributed by atoms with Gasteiger partial charge >= 0.3 is 0 Å². The molecule has 0 aromatic carbocycles. The van der Waals surface area contributed by atoms with Crippen molar-refractivity contribution >= 4 is 11.9 Å². The summed E-state index contributed by atoms with van der Waals surface area (Å²) in [5.41, 5.74) is 3.92. The molecule has 2 heterocycles. The van der Waals surface area contributed by atoms with Gasteiger partial charge in [0.05, 0.1) is 26.2 Å². The van der Waals surface area contributed by atoms with Crippen molar-refractivity contribution in [2.75, 3.05) is 36.4 Å². The Morgan fingerprint density at radius 2 is 1.86 bits per heavy atom. The number of nitrogens with one attached hydrogen (secondary N) is 1. The fourth-order valence-electron chi connectivity index (χ4n) is 3.11. The second-order valence-electron chi connectivity index (χ2n) is 5.96. The molecule has 1 aliphatic heterocycles. The summed E-state index contributed by atoms with van der Waals surface area (Å²) in [6.45, 7) is 4.83. The van der Waals surface area contributed by atoms with E-state index in [4.69, 9.17) is 0 Å². The summed E-state index contributed by atoms with van der Waals surface area (Å²) in [4.78, 5) is 16.0. The van der Waals surface area contributed by atoms with Crippen LogP contribution in [0, 0.1) is 0 Å². The lowest BCUT2D eigenvalue weighted by Crippen LogP contribution is -2.89. The van der Waals surface area contributed by atoms with Gasteiger partial charge < -0.3 is 21.3 Å². The molecule has 0 atom stereocenters. The maximum Gasteiger partial charge on any atom is 0.231 e. The summed E-state index contributed by atoms with van der Waals surface area (Å²) in [7, 11) is 0. The molecule has 21 heavy (non-hydrogen) atoms. The van der Waals surface area contributed by atoms with Crippen LogP contribution in [0.2, 0.25) is 0 Å². The molecular formula is C14H27N7+2. The van der Waals surface area contributed by atoms with Gasteiger partial charge in [0.15, 0.2) is 5.82 Å². The van der Waals surface area contributed by atoms with Crippen LogP contribution in [0.3, 0.4) is 0 Å². The zero-order valence-corrected chi connectivity index (χ0v) is 12.7. The molecule has 1 saturated carbocycles. The predicted molar refractivity (Wildman–Crippen MR) is 80.8 cm³/mol. The van der Waals surface area contributed by atoms with Gasteiger partial charge in [-0.3, -0.25) is 0 Å². The second kappa shape index (κ2) is 7.00. The van der Waals surface area contributed by atoms with Gasteiger partial charge in [0.1, 0.15) is 6.54 Å². The van der Waals surface area contributed by atoms with Gasteiger partial charge in [-0.25, -0.2) is 0 Å². The standard InChI is InChI=1S/C14H25N7/c15-10-12-18-13(17-11-4-2-1-3-5-11)20-14(19-12)21-8-6-16-7-9-21/h11,16H,1-10,15H2,(H,17,18,19,20)/p+2. The van der Waals surface area contributed by atoms with Crippen molar-refractivity contribution in [3.63, 3.8) is 0 Å². The van der Waals surface area contributed by atoms with E-state index >= 15 is 0 Å². The Bertz CT molecular complexity index is 453. The number of hydrogen-bond acceptors (Lipinski definition) is 5. The van der Waals surface area contributed by atoms with Crippen LogP contribution in [0.1, 0.15) is 37.9 Å². The molecule has 0 spiro atoms. The van der Waals surface area contributed by atoms with Crippen molar-refractivity contribution in [3.8, 4) is 0 Å². The first-order valence-electron chi connectivity index (χ1n) is 8.22. The minimum Gasteiger partial charge on any atom is -0.351 e. The van der Waals surface area contributed by atoms with E-state index in [0.29, 0.717) is 12.6 Å². The van der Waals surface area contributed by atoms with Crippen LogP contribution in [0.4, 0.5) is 11.9 Å². The monoisotopic (exact) mass is 293 g/mol. The molecule has 6 N–H and O–H groups in total. The lowest BCUT2D eigenvalue weighted by Gasteiger charge is -2.26. The molecular weight excluding hydrogens is 266 g/mol. The largest absolute Gasteiger partial charge is 0.351 e. The van der Waals surface area contributed by atoms with Crippen molar-refractivity contribution in [1.82, 2.24) is 15.0 Å². The van der Waals surface area contributed by atoms with Gasteiger partial charge in [0.25, 0.3) is 0 Å². The highest BCUT2D eigenvalue weighted by Crippen LogP contribution is 2.21. The van der Waals surface area contributed by atoms with Crippen molar-refractivity contribution in [1.29, 1.82) is 0 Å². The van der Waals surface area contributed by atoms with Crippen LogP contribution in [-0.2, 0) is 6.54 Å². The van der Waals surface area contributed by atoms with E-state index in [1.54, 1.807) is 0 Å². The Labute approximate surface area is 125 Å². The number of nitrogens with two attached hydrogens (primary N) is 1. The number of quaternary nitrogens is 2. The maximum atomic E-state index is 4.65. The molecule has 7 heteroatoms. The van der Waals surface area contributed by atoms with Gasteiger partial charge in [0.2, 0.25) is 11.9 Å². The van der Waals surface area contributed by atoms with E-state index in [0.717, 1.165) is 43.9 Å². The molecule has 7 nitrogen and oxygen atoms in total. The van der Waals surface area contributed by atoms with Crippen LogP contribution >= 0.6 is 0 Å². The maximum absolute atomic E-state index is 4.65. The normalized spacial score (nSPS) is 20.5. The first-order valence-corrected chi connectivity index (χ1v) is 8.22.